The molecule has 0 aliphatic carbocycles. The van der Waals surface area contributed by atoms with E-state index in [9.17, 15) is 4.79 Å². The van der Waals surface area contributed by atoms with Crippen LogP contribution >= 0.6 is 15.9 Å². The normalized spacial score (nSPS) is 9.94. The van der Waals surface area contributed by atoms with Crippen molar-refractivity contribution >= 4 is 21.7 Å². The van der Waals surface area contributed by atoms with Crippen molar-refractivity contribution in [2.24, 2.45) is 0 Å². The lowest BCUT2D eigenvalue weighted by Gasteiger charge is -2.09. The molecule has 3 nitrogen and oxygen atoms in total. The number of alkyl halides is 1. The van der Waals surface area contributed by atoms with Gasteiger partial charge in [0.1, 0.15) is 11.5 Å². The maximum absolute atomic E-state index is 11.6. The van der Waals surface area contributed by atoms with Crippen LogP contribution in [0, 0.1) is 0 Å². The second-order valence-electron chi connectivity index (χ2n) is 3.27. The zero-order chi connectivity index (χ0) is 12.0. The molecule has 4 heteroatoms. The monoisotopic (exact) mass is 286 g/mol. The fraction of sp³-hybridized carbons (Fsp3) is 0.417. The summed E-state index contributed by atoms with van der Waals surface area (Å²) in [6, 6.07) is 5.28. The molecule has 0 atom stereocenters. The summed E-state index contributed by atoms with van der Waals surface area (Å²) in [6.07, 6.45) is 0.938. The van der Waals surface area contributed by atoms with Gasteiger partial charge in [0.05, 0.1) is 24.6 Å². The van der Waals surface area contributed by atoms with Gasteiger partial charge in [-0.2, -0.15) is 0 Å². The molecule has 1 aromatic rings. The van der Waals surface area contributed by atoms with Gasteiger partial charge in [-0.1, -0.05) is 22.9 Å². The highest BCUT2D eigenvalue weighted by molar-refractivity contribution is 9.09. The van der Waals surface area contributed by atoms with E-state index in [0.717, 1.165) is 6.42 Å². The molecular formula is C12H15BrO3. The van der Waals surface area contributed by atoms with Crippen molar-refractivity contribution in [2.45, 2.75) is 13.3 Å². The van der Waals surface area contributed by atoms with E-state index in [0.29, 0.717) is 23.7 Å². The number of ketones is 1. The largest absolute Gasteiger partial charge is 0.496 e. The number of halogens is 1. The van der Waals surface area contributed by atoms with E-state index in [1.807, 2.05) is 6.92 Å². The Morgan fingerprint density at radius 1 is 1.44 bits per heavy atom. The Morgan fingerprint density at radius 3 is 2.75 bits per heavy atom. The van der Waals surface area contributed by atoms with Crippen LogP contribution in [0.1, 0.15) is 23.7 Å². The van der Waals surface area contributed by atoms with E-state index in [2.05, 4.69) is 15.9 Å². The molecule has 0 unspecified atom stereocenters. The predicted molar refractivity (Wildman–Crippen MR) is 66.9 cm³/mol. The summed E-state index contributed by atoms with van der Waals surface area (Å²) in [7, 11) is 1.55. The summed E-state index contributed by atoms with van der Waals surface area (Å²) in [4.78, 5) is 11.6. The van der Waals surface area contributed by atoms with Gasteiger partial charge in [0.15, 0.2) is 5.78 Å². The Labute approximate surface area is 104 Å². The third kappa shape index (κ3) is 3.23. The fourth-order valence-corrected chi connectivity index (χ4v) is 1.59. The van der Waals surface area contributed by atoms with Gasteiger partial charge in [0, 0.05) is 0 Å². The minimum atomic E-state index is -0.0150. The summed E-state index contributed by atoms with van der Waals surface area (Å²) in [5.74, 6) is 1.26. The first-order valence-corrected chi connectivity index (χ1v) is 6.25. The van der Waals surface area contributed by atoms with Crippen LogP contribution in [0.3, 0.4) is 0 Å². The maximum atomic E-state index is 11.6. The number of methoxy groups -OCH3 is 1. The first-order valence-electron chi connectivity index (χ1n) is 5.13. The number of benzene rings is 1. The first-order chi connectivity index (χ1) is 7.72. The van der Waals surface area contributed by atoms with E-state index < -0.39 is 0 Å². The van der Waals surface area contributed by atoms with Gasteiger partial charge >= 0.3 is 0 Å². The van der Waals surface area contributed by atoms with Gasteiger partial charge in [-0.3, -0.25) is 4.79 Å². The van der Waals surface area contributed by atoms with E-state index >= 15 is 0 Å². The number of hydrogen-bond donors (Lipinski definition) is 0. The van der Waals surface area contributed by atoms with Crippen molar-refractivity contribution in [1.82, 2.24) is 0 Å². The van der Waals surface area contributed by atoms with Crippen molar-refractivity contribution in [3.63, 3.8) is 0 Å². The van der Waals surface area contributed by atoms with Crippen molar-refractivity contribution in [3.8, 4) is 11.5 Å². The highest BCUT2D eigenvalue weighted by Gasteiger charge is 2.12. The van der Waals surface area contributed by atoms with E-state index in [1.165, 1.54) is 0 Å². The Hall–Kier alpha value is -1.03. The first kappa shape index (κ1) is 13.0. The number of rotatable bonds is 6. The Morgan fingerprint density at radius 2 is 2.19 bits per heavy atom. The van der Waals surface area contributed by atoms with Crippen molar-refractivity contribution in [2.75, 3.05) is 19.0 Å². The fourth-order valence-electron chi connectivity index (χ4n) is 1.29. The molecule has 0 saturated heterocycles. The number of ether oxygens (including phenoxy) is 2. The minimum Gasteiger partial charge on any atom is -0.496 e. The highest BCUT2D eigenvalue weighted by atomic mass is 79.9. The van der Waals surface area contributed by atoms with Gasteiger partial charge in [-0.05, 0) is 24.6 Å². The van der Waals surface area contributed by atoms with Crippen LogP contribution in [0.5, 0.6) is 11.5 Å². The average molecular weight is 287 g/mol. The second kappa shape index (κ2) is 6.53. The lowest BCUT2D eigenvalue weighted by molar-refractivity contribution is 0.102. The van der Waals surface area contributed by atoms with Crippen LogP contribution in [0.25, 0.3) is 0 Å². The molecule has 16 heavy (non-hydrogen) atoms. The molecule has 0 N–H and O–H groups in total. The second-order valence-corrected chi connectivity index (χ2v) is 3.83. The highest BCUT2D eigenvalue weighted by Crippen LogP contribution is 2.25. The van der Waals surface area contributed by atoms with Crippen LogP contribution in [-0.4, -0.2) is 24.8 Å². The van der Waals surface area contributed by atoms with Crippen LogP contribution in [0.2, 0.25) is 0 Å². The van der Waals surface area contributed by atoms with Gasteiger partial charge in [-0.15, -0.1) is 0 Å². The SMILES string of the molecule is CCCOc1ccc(OC)c(C(=O)CBr)c1. The molecule has 0 heterocycles. The van der Waals surface area contributed by atoms with E-state index in [1.54, 1.807) is 25.3 Å². The zero-order valence-corrected chi connectivity index (χ0v) is 11.0. The summed E-state index contributed by atoms with van der Waals surface area (Å²) in [5.41, 5.74) is 0.549. The van der Waals surface area contributed by atoms with E-state index in [-0.39, 0.29) is 11.1 Å². The summed E-state index contributed by atoms with van der Waals surface area (Å²) in [6.45, 7) is 2.68. The lowest BCUT2D eigenvalue weighted by Crippen LogP contribution is -2.04. The molecular weight excluding hydrogens is 272 g/mol. The quantitative estimate of drug-likeness (QED) is 0.596. The minimum absolute atomic E-state index is 0.0150. The molecule has 0 saturated carbocycles. The Kier molecular flexibility index (Phi) is 5.32. The van der Waals surface area contributed by atoms with Crippen LogP contribution in [0.4, 0.5) is 0 Å². The number of hydrogen-bond acceptors (Lipinski definition) is 3. The molecule has 0 aromatic heterocycles. The maximum Gasteiger partial charge on any atom is 0.177 e. The topological polar surface area (TPSA) is 35.5 Å². The van der Waals surface area contributed by atoms with Crippen LogP contribution in [-0.2, 0) is 0 Å². The molecule has 0 amide bonds. The van der Waals surface area contributed by atoms with Crippen molar-refractivity contribution in [1.29, 1.82) is 0 Å². The molecule has 0 fully saturated rings. The molecule has 0 spiro atoms. The zero-order valence-electron chi connectivity index (χ0n) is 9.46. The Bertz CT molecular complexity index is 363. The third-order valence-corrected chi connectivity index (χ3v) is 2.57. The van der Waals surface area contributed by atoms with Crippen molar-refractivity contribution in [3.05, 3.63) is 23.8 Å². The molecule has 0 radical (unpaired) electrons. The lowest BCUT2D eigenvalue weighted by atomic mass is 10.1. The average Bonchev–Trinajstić information content (AvgIpc) is 2.35. The Balaban J connectivity index is 2.96. The summed E-state index contributed by atoms with van der Waals surface area (Å²) in [5, 5.41) is 0.278. The smallest absolute Gasteiger partial charge is 0.177 e. The molecule has 1 rings (SSSR count). The molecule has 88 valence electrons. The standard InChI is InChI=1S/C12H15BrO3/c1-3-6-16-9-4-5-12(15-2)10(7-9)11(14)8-13/h4-5,7H,3,6,8H2,1-2H3. The van der Waals surface area contributed by atoms with Gasteiger partial charge < -0.3 is 9.47 Å². The molecule has 0 bridgehead atoms. The van der Waals surface area contributed by atoms with Crippen molar-refractivity contribution < 1.29 is 14.3 Å². The summed E-state index contributed by atoms with van der Waals surface area (Å²) < 4.78 is 10.6. The number of Topliss-reactive ketones (excluding diaryl/α,β-unsaturated/α-hetero) is 1. The van der Waals surface area contributed by atoms with E-state index in [4.69, 9.17) is 9.47 Å². The number of carbonyl (C=O) groups excluding carboxylic acids is 1. The van der Waals surface area contributed by atoms with Crippen LogP contribution in [0.15, 0.2) is 18.2 Å². The number of carbonyl (C=O) groups is 1. The summed E-state index contributed by atoms with van der Waals surface area (Å²) >= 11 is 3.15. The van der Waals surface area contributed by atoms with Crippen LogP contribution < -0.4 is 9.47 Å². The molecule has 0 aliphatic heterocycles. The van der Waals surface area contributed by atoms with Gasteiger partial charge in [0.2, 0.25) is 0 Å². The third-order valence-electron chi connectivity index (χ3n) is 2.07. The molecule has 0 aliphatic rings. The van der Waals surface area contributed by atoms with Gasteiger partial charge in [-0.25, -0.2) is 0 Å². The van der Waals surface area contributed by atoms with Gasteiger partial charge in [0.25, 0.3) is 0 Å². The molecule has 1 aromatic carbocycles. The predicted octanol–water partition coefficient (Wildman–Crippen LogP) is 3.06.